The lowest BCUT2D eigenvalue weighted by Crippen LogP contribution is -2.10. The Morgan fingerprint density at radius 2 is 2.00 bits per heavy atom. The highest BCUT2D eigenvalue weighted by molar-refractivity contribution is 7.16. The second kappa shape index (κ2) is 5.81. The molecule has 0 aliphatic rings. The van der Waals surface area contributed by atoms with E-state index in [1.54, 1.807) is 11.3 Å². The van der Waals surface area contributed by atoms with E-state index in [-0.39, 0.29) is 6.04 Å². The molecule has 0 spiro atoms. The molecule has 3 aromatic rings. The maximum Gasteiger partial charge on any atom is 0.106 e. The van der Waals surface area contributed by atoms with Gasteiger partial charge in [0.25, 0.3) is 0 Å². The summed E-state index contributed by atoms with van der Waals surface area (Å²) in [7, 11) is 0. The molecule has 0 aliphatic carbocycles. The molecule has 2 nitrogen and oxygen atoms in total. The van der Waals surface area contributed by atoms with Crippen LogP contribution in [-0.4, -0.2) is 4.98 Å². The molecule has 1 N–H and O–H groups in total. The largest absolute Gasteiger partial charge is 0.375 e. The molecule has 0 radical (unpaired) electrons. The van der Waals surface area contributed by atoms with Crippen LogP contribution in [0.4, 0.5) is 5.69 Å². The predicted molar refractivity (Wildman–Crippen MR) is 87.7 cm³/mol. The van der Waals surface area contributed by atoms with E-state index in [1.807, 2.05) is 23.7 Å². The highest BCUT2D eigenvalue weighted by Crippen LogP contribution is 2.35. The number of fused-ring (bicyclic) bond motifs is 1. The molecule has 102 valence electrons. The molecule has 1 aromatic heterocycles. The van der Waals surface area contributed by atoms with E-state index in [9.17, 15) is 0 Å². The molecule has 20 heavy (non-hydrogen) atoms. The van der Waals surface area contributed by atoms with Crippen molar-refractivity contribution in [2.45, 2.75) is 19.4 Å². The Bertz CT molecular complexity index is 709. The van der Waals surface area contributed by atoms with Gasteiger partial charge in [-0.05, 0) is 24.1 Å². The van der Waals surface area contributed by atoms with Crippen LogP contribution in [0.3, 0.4) is 0 Å². The third-order valence-electron chi connectivity index (χ3n) is 3.38. The van der Waals surface area contributed by atoms with Crippen molar-refractivity contribution in [2.75, 3.05) is 5.32 Å². The van der Waals surface area contributed by atoms with Gasteiger partial charge in [0.05, 0.1) is 27.0 Å². The lowest BCUT2D eigenvalue weighted by Gasteiger charge is -2.20. The van der Waals surface area contributed by atoms with Gasteiger partial charge < -0.3 is 5.32 Å². The van der Waals surface area contributed by atoms with Crippen molar-refractivity contribution in [3.05, 3.63) is 58.6 Å². The van der Waals surface area contributed by atoms with E-state index in [4.69, 9.17) is 11.6 Å². The number of nitrogens with zero attached hydrogens (tertiary/aromatic N) is 1. The molecule has 2 aromatic carbocycles. The Balaban J connectivity index is 1.99. The van der Waals surface area contributed by atoms with Crippen molar-refractivity contribution >= 4 is 38.8 Å². The average molecular weight is 303 g/mol. The van der Waals surface area contributed by atoms with Crippen LogP contribution in [0.2, 0.25) is 5.02 Å². The summed E-state index contributed by atoms with van der Waals surface area (Å²) in [6.07, 6.45) is 0.987. The van der Waals surface area contributed by atoms with Crippen LogP contribution in [0.1, 0.15) is 24.9 Å². The number of hydrogen-bond donors (Lipinski definition) is 1. The summed E-state index contributed by atoms with van der Waals surface area (Å²) in [6.45, 7) is 2.17. The number of thiazole rings is 1. The number of benzene rings is 2. The van der Waals surface area contributed by atoms with Crippen molar-refractivity contribution in [3.8, 4) is 0 Å². The number of nitrogens with one attached hydrogen (secondary N) is 1. The SMILES string of the molecule is CCC(Nc1c(Cl)ccc2scnc12)c1ccccc1. The Morgan fingerprint density at radius 3 is 2.75 bits per heavy atom. The summed E-state index contributed by atoms with van der Waals surface area (Å²) in [4.78, 5) is 4.43. The number of anilines is 1. The lowest BCUT2D eigenvalue weighted by molar-refractivity contribution is 0.750. The number of rotatable bonds is 4. The van der Waals surface area contributed by atoms with Gasteiger partial charge in [-0.1, -0.05) is 48.9 Å². The zero-order valence-electron chi connectivity index (χ0n) is 11.1. The molecule has 1 unspecified atom stereocenters. The van der Waals surface area contributed by atoms with Crippen molar-refractivity contribution in [2.24, 2.45) is 0 Å². The maximum absolute atomic E-state index is 6.35. The minimum Gasteiger partial charge on any atom is -0.375 e. The fraction of sp³-hybridized carbons (Fsp3) is 0.188. The van der Waals surface area contributed by atoms with E-state index in [0.29, 0.717) is 0 Å². The lowest BCUT2D eigenvalue weighted by atomic mass is 10.0. The molecule has 0 bridgehead atoms. The Kier molecular flexibility index (Phi) is 3.90. The highest BCUT2D eigenvalue weighted by atomic mass is 35.5. The first-order chi connectivity index (χ1) is 9.79. The highest BCUT2D eigenvalue weighted by Gasteiger charge is 2.14. The predicted octanol–water partition coefficient (Wildman–Crippen LogP) is 5.51. The van der Waals surface area contributed by atoms with Crippen LogP contribution in [-0.2, 0) is 0 Å². The van der Waals surface area contributed by atoms with Gasteiger partial charge in [0.2, 0.25) is 0 Å². The monoisotopic (exact) mass is 302 g/mol. The van der Waals surface area contributed by atoms with Gasteiger partial charge in [0, 0.05) is 0 Å². The third-order valence-corrected chi connectivity index (χ3v) is 4.49. The minimum atomic E-state index is 0.237. The fourth-order valence-corrected chi connectivity index (χ4v) is 3.22. The molecular weight excluding hydrogens is 288 g/mol. The smallest absolute Gasteiger partial charge is 0.106 e. The van der Waals surface area contributed by atoms with Gasteiger partial charge >= 0.3 is 0 Å². The van der Waals surface area contributed by atoms with E-state index < -0.39 is 0 Å². The first-order valence-corrected chi connectivity index (χ1v) is 7.88. The normalized spacial score (nSPS) is 12.5. The van der Waals surface area contributed by atoms with E-state index >= 15 is 0 Å². The van der Waals surface area contributed by atoms with Crippen LogP contribution in [0.25, 0.3) is 10.2 Å². The Labute approximate surface area is 127 Å². The van der Waals surface area contributed by atoms with E-state index in [0.717, 1.165) is 27.3 Å². The molecule has 1 heterocycles. The topological polar surface area (TPSA) is 24.9 Å². The molecule has 0 amide bonds. The quantitative estimate of drug-likeness (QED) is 0.687. The van der Waals surface area contributed by atoms with Crippen molar-refractivity contribution in [1.29, 1.82) is 0 Å². The second-order valence-electron chi connectivity index (χ2n) is 4.64. The van der Waals surface area contributed by atoms with E-state index in [2.05, 4.69) is 41.5 Å². The summed E-state index contributed by atoms with van der Waals surface area (Å²) in [5.74, 6) is 0. The Morgan fingerprint density at radius 1 is 1.20 bits per heavy atom. The zero-order valence-corrected chi connectivity index (χ0v) is 12.7. The van der Waals surface area contributed by atoms with Gasteiger partial charge in [-0.2, -0.15) is 0 Å². The average Bonchev–Trinajstić information content (AvgIpc) is 2.96. The summed E-state index contributed by atoms with van der Waals surface area (Å²) in [5, 5.41) is 4.27. The first kappa shape index (κ1) is 13.4. The first-order valence-electron chi connectivity index (χ1n) is 6.62. The van der Waals surface area contributed by atoms with Gasteiger partial charge in [0.15, 0.2) is 0 Å². The number of aromatic nitrogens is 1. The van der Waals surface area contributed by atoms with Crippen LogP contribution in [0, 0.1) is 0 Å². The second-order valence-corrected chi connectivity index (χ2v) is 5.93. The van der Waals surface area contributed by atoms with Gasteiger partial charge in [-0.25, -0.2) is 4.98 Å². The standard InChI is InChI=1S/C16H15ClN2S/c1-2-13(11-6-4-3-5-7-11)19-15-12(17)8-9-14-16(15)18-10-20-14/h3-10,13,19H,2H2,1H3. The molecule has 0 fully saturated rings. The molecule has 0 aliphatic heterocycles. The van der Waals surface area contributed by atoms with Crippen LogP contribution < -0.4 is 5.32 Å². The van der Waals surface area contributed by atoms with Crippen LogP contribution in [0.15, 0.2) is 48.0 Å². The Hall–Kier alpha value is -1.58. The minimum absolute atomic E-state index is 0.237. The molecule has 0 saturated carbocycles. The summed E-state index contributed by atoms with van der Waals surface area (Å²) in [5.41, 5.74) is 5.01. The van der Waals surface area contributed by atoms with Crippen molar-refractivity contribution in [3.63, 3.8) is 0 Å². The van der Waals surface area contributed by atoms with Gasteiger partial charge in [-0.15, -0.1) is 11.3 Å². The zero-order chi connectivity index (χ0) is 13.9. The van der Waals surface area contributed by atoms with Crippen LogP contribution >= 0.6 is 22.9 Å². The van der Waals surface area contributed by atoms with Gasteiger partial charge in [-0.3, -0.25) is 0 Å². The van der Waals surface area contributed by atoms with E-state index in [1.165, 1.54) is 5.56 Å². The molecule has 3 rings (SSSR count). The third kappa shape index (κ3) is 2.51. The van der Waals surface area contributed by atoms with Gasteiger partial charge in [0.1, 0.15) is 5.52 Å². The number of hydrogen-bond acceptors (Lipinski definition) is 3. The maximum atomic E-state index is 6.35. The molecule has 4 heteroatoms. The molecule has 1 atom stereocenters. The summed E-state index contributed by atoms with van der Waals surface area (Å²) < 4.78 is 1.15. The summed E-state index contributed by atoms with van der Waals surface area (Å²) >= 11 is 7.98. The van der Waals surface area contributed by atoms with Crippen molar-refractivity contribution in [1.82, 2.24) is 4.98 Å². The molecule has 0 saturated heterocycles. The fourth-order valence-electron chi connectivity index (χ4n) is 2.32. The summed E-state index contributed by atoms with van der Waals surface area (Å²) in [6, 6.07) is 14.6. The van der Waals surface area contributed by atoms with Crippen LogP contribution in [0.5, 0.6) is 0 Å². The van der Waals surface area contributed by atoms with Crippen molar-refractivity contribution < 1.29 is 0 Å². The number of halogens is 1. The molecular formula is C16H15ClN2S.